The summed E-state index contributed by atoms with van der Waals surface area (Å²) in [5.41, 5.74) is -4.48. The molecule has 0 aromatic heterocycles. The van der Waals surface area contributed by atoms with Gasteiger partial charge in [0.05, 0.1) is 17.1 Å². The first-order valence-corrected chi connectivity index (χ1v) is 9.39. The third-order valence-electron chi connectivity index (χ3n) is 7.67. The lowest BCUT2D eigenvalue weighted by atomic mass is 9.45. The minimum absolute atomic E-state index is 0.125. The molecule has 0 amide bonds. The Bertz CT molecular complexity index is 676. The van der Waals surface area contributed by atoms with Crippen LogP contribution in [0.2, 0.25) is 0 Å². The van der Waals surface area contributed by atoms with Gasteiger partial charge >= 0.3 is 5.97 Å². The Labute approximate surface area is 153 Å². The number of allylic oxidation sites excluding steroid dienone is 1. The Morgan fingerprint density at radius 1 is 1.27 bits per heavy atom. The Morgan fingerprint density at radius 3 is 2.42 bits per heavy atom. The third-order valence-corrected chi connectivity index (χ3v) is 7.67. The molecule has 6 atom stereocenters. The van der Waals surface area contributed by atoms with Crippen molar-refractivity contribution < 1.29 is 30.0 Å². The van der Waals surface area contributed by atoms with Crippen LogP contribution in [-0.4, -0.2) is 49.5 Å². The Balaban J connectivity index is 2.11. The normalized spacial score (nSPS) is 46.2. The fourth-order valence-electron chi connectivity index (χ4n) is 5.79. The van der Waals surface area contributed by atoms with Crippen molar-refractivity contribution in [3.63, 3.8) is 0 Å². The Hall–Kier alpha value is -1.24. The van der Waals surface area contributed by atoms with Crippen LogP contribution in [0.1, 0.15) is 59.8 Å². The molecular weight excluding hydrogens is 336 g/mol. The minimum Gasteiger partial charge on any atom is -0.481 e. The molecule has 0 aromatic rings. The van der Waals surface area contributed by atoms with Gasteiger partial charge in [0.1, 0.15) is 5.60 Å². The van der Waals surface area contributed by atoms with Gasteiger partial charge < -0.3 is 20.4 Å². The molecule has 0 aliphatic heterocycles. The summed E-state index contributed by atoms with van der Waals surface area (Å²) in [6.45, 7) is 6.57. The van der Waals surface area contributed by atoms with Crippen LogP contribution >= 0.6 is 0 Å². The van der Waals surface area contributed by atoms with Gasteiger partial charge in [0, 0.05) is 6.42 Å². The number of carboxylic acid groups (broad SMARTS) is 1. The van der Waals surface area contributed by atoms with E-state index in [2.05, 4.69) is 0 Å². The van der Waals surface area contributed by atoms with Crippen molar-refractivity contribution >= 4 is 11.8 Å². The lowest BCUT2D eigenvalue weighted by Gasteiger charge is -2.59. The maximum absolute atomic E-state index is 12.9. The van der Waals surface area contributed by atoms with Gasteiger partial charge in [-0.2, -0.15) is 0 Å². The van der Waals surface area contributed by atoms with E-state index in [0.717, 1.165) is 12.8 Å². The van der Waals surface area contributed by atoms with Gasteiger partial charge in [0.15, 0.2) is 5.78 Å². The summed E-state index contributed by atoms with van der Waals surface area (Å²) in [5.74, 6) is -1.68. The van der Waals surface area contributed by atoms with E-state index in [-0.39, 0.29) is 30.5 Å². The molecule has 0 aromatic carbocycles. The summed E-state index contributed by atoms with van der Waals surface area (Å²) in [6.07, 6.45) is 2.46. The van der Waals surface area contributed by atoms with E-state index in [4.69, 9.17) is 0 Å². The number of carboxylic acids is 1. The molecule has 0 bridgehead atoms. The minimum atomic E-state index is -1.90. The van der Waals surface area contributed by atoms with Crippen LogP contribution in [0.25, 0.3) is 0 Å². The molecular formula is C20H30O6. The number of hydrogen-bond donors (Lipinski definition) is 4. The van der Waals surface area contributed by atoms with Crippen LogP contribution in [0.3, 0.4) is 0 Å². The van der Waals surface area contributed by atoms with Crippen LogP contribution in [0.5, 0.6) is 0 Å². The fraction of sp³-hybridized carbons (Fsp3) is 0.800. The van der Waals surface area contributed by atoms with Crippen LogP contribution < -0.4 is 0 Å². The van der Waals surface area contributed by atoms with Crippen LogP contribution in [-0.2, 0) is 9.59 Å². The monoisotopic (exact) mass is 366 g/mol. The topological polar surface area (TPSA) is 115 Å². The fourth-order valence-corrected chi connectivity index (χ4v) is 5.79. The third kappa shape index (κ3) is 2.42. The summed E-state index contributed by atoms with van der Waals surface area (Å²) in [7, 11) is 0. The van der Waals surface area contributed by atoms with Crippen molar-refractivity contribution in [3.05, 3.63) is 11.6 Å². The second kappa shape index (κ2) is 5.63. The molecule has 3 aliphatic carbocycles. The Kier molecular flexibility index (Phi) is 4.23. The molecule has 0 heterocycles. The number of hydrogen-bond acceptors (Lipinski definition) is 5. The van der Waals surface area contributed by atoms with Crippen molar-refractivity contribution in [1.29, 1.82) is 0 Å². The first-order valence-electron chi connectivity index (χ1n) is 9.39. The van der Waals surface area contributed by atoms with Crippen molar-refractivity contribution in [2.45, 2.75) is 77.1 Å². The molecule has 2 saturated carbocycles. The van der Waals surface area contributed by atoms with Gasteiger partial charge in [0.2, 0.25) is 0 Å². The predicted octanol–water partition coefficient (Wildman–Crippen LogP) is 1.67. The lowest BCUT2D eigenvalue weighted by Crippen LogP contribution is -2.63. The molecule has 6 nitrogen and oxygen atoms in total. The first kappa shape index (κ1) is 19.5. The highest BCUT2D eigenvalue weighted by Gasteiger charge is 2.63. The molecule has 3 rings (SSSR count). The number of carbonyl (C=O) groups is 2. The van der Waals surface area contributed by atoms with Crippen LogP contribution in [0.4, 0.5) is 0 Å². The molecule has 6 heteroatoms. The van der Waals surface area contributed by atoms with Crippen molar-refractivity contribution in [2.24, 2.45) is 22.7 Å². The number of Topliss-reactive ketones (excluding diaryl/α,β-unsaturated/α-hetero) is 1. The van der Waals surface area contributed by atoms with Gasteiger partial charge in [0.25, 0.3) is 0 Å². The molecule has 26 heavy (non-hydrogen) atoms. The molecule has 146 valence electrons. The number of carbonyl (C=O) groups excluding carboxylic acids is 1. The summed E-state index contributed by atoms with van der Waals surface area (Å²) in [4.78, 5) is 24.9. The van der Waals surface area contributed by atoms with Crippen molar-refractivity contribution in [1.82, 2.24) is 0 Å². The first-order chi connectivity index (χ1) is 11.8. The standard InChI is InChI=1S/C20H30O6/c1-17(2,25)20(26)10-11-12(8-15(20)22)18(3)6-5-7-19(4,16(23)24)14(18)9-13(11)21/h10,12,14-15,22,25-26H,5-9H2,1-4H3,(H,23,24). The number of rotatable bonds is 2. The SMILES string of the molecule is CC1(C(=O)O)CCCC2(C)C3CC(O)C(O)(C(C)(C)O)C=C3C(=O)CC12. The maximum atomic E-state index is 12.9. The average molecular weight is 366 g/mol. The molecule has 4 N–H and O–H groups in total. The van der Waals surface area contributed by atoms with E-state index in [1.54, 1.807) is 6.92 Å². The highest BCUT2D eigenvalue weighted by Crippen LogP contribution is 2.63. The predicted molar refractivity (Wildman–Crippen MR) is 94.3 cm³/mol. The number of ketones is 1. The number of fused-ring (bicyclic) bond motifs is 3. The molecule has 0 saturated heterocycles. The van der Waals surface area contributed by atoms with E-state index < -0.39 is 34.1 Å². The molecule has 2 fully saturated rings. The van der Waals surface area contributed by atoms with E-state index in [1.807, 2.05) is 6.92 Å². The number of aliphatic hydroxyl groups is 3. The largest absolute Gasteiger partial charge is 0.481 e. The molecule has 3 aliphatic rings. The summed E-state index contributed by atoms with van der Waals surface area (Å²) < 4.78 is 0. The zero-order valence-electron chi connectivity index (χ0n) is 16.0. The maximum Gasteiger partial charge on any atom is 0.309 e. The van der Waals surface area contributed by atoms with E-state index in [9.17, 15) is 30.0 Å². The number of aliphatic hydroxyl groups excluding tert-OH is 1. The van der Waals surface area contributed by atoms with Crippen molar-refractivity contribution in [3.8, 4) is 0 Å². The van der Waals surface area contributed by atoms with Gasteiger partial charge in [-0.3, -0.25) is 9.59 Å². The van der Waals surface area contributed by atoms with Crippen molar-refractivity contribution in [2.75, 3.05) is 0 Å². The van der Waals surface area contributed by atoms with E-state index in [0.29, 0.717) is 12.0 Å². The highest BCUT2D eigenvalue weighted by atomic mass is 16.4. The second-order valence-electron chi connectivity index (χ2n) is 9.55. The zero-order chi connectivity index (χ0) is 19.7. The van der Waals surface area contributed by atoms with Crippen LogP contribution in [0, 0.1) is 22.7 Å². The van der Waals surface area contributed by atoms with Gasteiger partial charge in [-0.25, -0.2) is 0 Å². The molecule has 0 spiro atoms. The van der Waals surface area contributed by atoms with Crippen LogP contribution in [0.15, 0.2) is 11.6 Å². The van der Waals surface area contributed by atoms with Gasteiger partial charge in [-0.1, -0.05) is 13.3 Å². The second-order valence-corrected chi connectivity index (χ2v) is 9.55. The average Bonchev–Trinajstić information content (AvgIpc) is 2.51. The van der Waals surface area contributed by atoms with E-state index in [1.165, 1.54) is 19.9 Å². The smallest absolute Gasteiger partial charge is 0.309 e. The zero-order valence-corrected chi connectivity index (χ0v) is 16.0. The lowest BCUT2D eigenvalue weighted by molar-refractivity contribution is -0.184. The summed E-state index contributed by atoms with van der Waals surface area (Å²) in [6, 6.07) is 0. The Morgan fingerprint density at radius 2 is 1.88 bits per heavy atom. The van der Waals surface area contributed by atoms with Gasteiger partial charge in [-0.05, 0) is 68.9 Å². The quantitative estimate of drug-likeness (QED) is 0.591. The number of aliphatic carboxylic acids is 1. The summed E-state index contributed by atoms with van der Waals surface area (Å²) in [5, 5.41) is 41.7. The molecule has 0 radical (unpaired) electrons. The molecule has 6 unspecified atom stereocenters. The van der Waals surface area contributed by atoms with Gasteiger partial charge in [-0.15, -0.1) is 0 Å². The summed E-state index contributed by atoms with van der Waals surface area (Å²) >= 11 is 0. The highest BCUT2D eigenvalue weighted by molar-refractivity contribution is 5.98. The van der Waals surface area contributed by atoms with E-state index >= 15 is 0 Å².